The zero-order valence-electron chi connectivity index (χ0n) is 12.1. The van der Waals surface area contributed by atoms with E-state index in [-0.39, 0.29) is 0 Å². The first-order valence-corrected chi connectivity index (χ1v) is 6.98. The number of likely N-dealkylation sites (tertiary alicyclic amines) is 1. The van der Waals surface area contributed by atoms with E-state index in [1.807, 2.05) is 0 Å². The fraction of sp³-hybridized carbons (Fsp3) is 0.571. The molecule has 0 saturated carbocycles. The highest BCUT2D eigenvalue weighted by Crippen LogP contribution is 2.19. The summed E-state index contributed by atoms with van der Waals surface area (Å²) in [4.78, 5) is 18.3. The van der Waals surface area contributed by atoms with Crippen molar-refractivity contribution in [2.24, 2.45) is 0 Å². The zero-order valence-corrected chi connectivity index (χ0v) is 12.1. The standard InChI is InChI=1S/C14H22N4O2/c1-3-20-14(19)11-8-13(16-9-12(11)15)17-10-4-6-18(2)7-5-10/h8-10H,3-7,15H2,1-2H3,(H,16,17). The lowest BCUT2D eigenvalue weighted by Crippen LogP contribution is -2.36. The van der Waals surface area contributed by atoms with Crippen molar-refractivity contribution < 1.29 is 9.53 Å². The van der Waals surface area contributed by atoms with E-state index in [1.165, 1.54) is 6.20 Å². The molecule has 0 spiro atoms. The molecule has 1 aromatic rings. The second kappa shape index (κ2) is 6.56. The van der Waals surface area contributed by atoms with Gasteiger partial charge in [-0.05, 0) is 46.0 Å². The highest BCUT2D eigenvalue weighted by molar-refractivity contribution is 5.95. The summed E-state index contributed by atoms with van der Waals surface area (Å²) in [5, 5.41) is 3.36. The van der Waals surface area contributed by atoms with Gasteiger partial charge >= 0.3 is 5.97 Å². The van der Waals surface area contributed by atoms with E-state index in [1.54, 1.807) is 13.0 Å². The van der Waals surface area contributed by atoms with Crippen LogP contribution in [0, 0.1) is 0 Å². The summed E-state index contributed by atoms with van der Waals surface area (Å²) < 4.78 is 4.99. The highest BCUT2D eigenvalue weighted by Gasteiger charge is 2.18. The molecule has 2 rings (SSSR count). The Morgan fingerprint density at radius 3 is 2.90 bits per heavy atom. The van der Waals surface area contributed by atoms with Gasteiger partial charge in [-0.2, -0.15) is 0 Å². The highest BCUT2D eigenvalue weighted by atomic mass is 16.5. The molecule has 110 valence electrons. The maximum Gasteiger partial charge on any atom is 0.340 e. The van der Waals surface area contributed by atoms with Gasteiger partial charge in [0.05, 0.1) is 24.1 Å². The molecule has 20 heavy (non-hydrogen) atoms. The van der Waals surface area contributed by atoms with Crippen LogP contribution < -0.4 is 11.1 Å². The van der Waals surface area contributed by atoms with Gasteiger partial charge in [0.25, 0.3) is 0 Å². The summed E-state index contributed by atoms with van der Waals surface area (Å²) in [7, 11) is 2.12. The molecular weight excluding hydrogens is 256 g/mol. The maximum absolute atomic E-state index is 11.8. The molecule has 0 bridgehead atoms. The number of anilines is 2. The molecule has 0 unspecified atom stereocenters. The largest absolute Gasteiger partial charge is 0.462 e. The molecule has 2 heterocycles. The number of hydrogen-bond acceptors (Lipinski definition) is 6. The van der Waals surface area contributed by atoms with Crippen molar-refractivity contribution in [3.05, 3.63) is 17.8 Å². The van der Waals surface area contributed by atoms with E-state index in [9.17, 15) is 4.79 Å². The summed E-state index contributed by atoms with van der Waals surface area (Å²) in [6.45, 7) is 4.24. The Kier molecular flexibility index (Phi) is 4.79. The van der Waals surface area contributed by atoms with E-state index < -0.39 is 5.97 Å². The van der Waals surface area contributed by atoms with E-state index in [2.05, 4.69) is 22.2 Å². The van der Waals surface area contributed by atoms with Crippen LogP contribution in [0.1, 0.15) is 30.1 Å². The number of carbonyl (C=O) groups is 1. The van der Waals surface area contributed by atoms with Gasteiger partial charge in [0.15, 0.2) is 0 Å². The van der Waals surface area contributed by atoms with Gasteiger partial charge in [0.1, 0.15) is 5.82 Å². The molecule has 3 N–H and O–H groups in total. The summed E-state index contributed by atoms with van der Waals surface area (Å²) >= 11 is 0. The molecule has 1 fully saturated rings. The van der Waals surface area contributed by atoms with E-state index >= 15 is 0 Å². The molecule has 1 saturated heterocycles. The predicted octanol–water partition coefficient (Wildman–Crippen LogP) is 1.35. The number of ether oxygens (including phenoxy) is 1. The van der Waals surface area contributed by atoms with Gasteiger partial charge in [-0.1, -0.05) is 0 Å². The molecule has 1 aliphatic heterocycles. The van der Waals surface area contributed by atoms with Gasteiger partial charge in [0.2, 0.25) is 0 Å². The zero-order chi connectivity index (χ0) is 14.5. The number of nitrogen functional groups attached to an aromatic ring is 1. The minimum Gasteiger partial charge on any atom is -0.462 e. The van der Waals surface area contributed by atoms with Crippen molar-refractivity contribution in [2.75, 3.05) is 37.8 Å². The molecule has 0 atom stereocenters. The Bertz CT molecular complexity index is 470. The number of piperidine rings is 1. The minimum absolute atomic E-state index is 0.332. The van der Waals surface area contributed by atoms with Crippen molar-refractivity contribution in [1.29, 1.82) is 0 Å². The lowest BCUT2D eigenvalue weighted by atomic mass is 10.1. The predicted molar refractivity (Wildman–Crippen MR) is 78.7 cm³/mol. The molecule has 6 heteroatoms. The average molecular weight is 278 g/mol. The molecule has 0 aliphatic carbocycles. The summed E-state index contributed by atoms with van der Waals surface area (Å²) in [5.74, 6) is 0.274. The first-order chi connectivity index (χ1) is 9.60. The Hall–Kier alpha value is -1.82. The van der Waals surface area contributed by atoms with E-state index in [0.29, 0.717) is 29.7 Å². The number of hydrogen-bond donors (Lipinski definition) is 2. The van der Waals surface area contributed by atoms with Crippen LogP contribution in [-0.2, 0) is 4.74 Å². The van der Waals surface area contributed by atoms with Crippen LogP contribution in [0.4, 0.5) is 11.5 Å². The van der Waals surface area contributed by atoms with Crippen LogP contribution in [0.25, 0.3) is 0 Å². The molecule has 6 nitrogen and oxygen atoms in total. The maximum atomic E-state index is 11.8. The summed E-state index contributed by atoms with van der Waals surface area (Å²) in [6, 6.07) is 2.06. The van der Waals surface area contributed by atoms with Gasteiger partial charge in [-0.25, -0.2) is 9.78 Å². The Balaban J connectivity index is 2.05. The van der Waals surface area contributed by atoms with E-state index in [0.717, 1.165) is 25.9 Å². The fourth-order valence-corrected chi connectivity index (χ4v) is 2.29. The number of rotatable bonds is 4. The molecule has 0 amide bonds. The molecule has 0 aromatic carbocycles. The molecule has 1 aliphatic rings. The SMILES string of the molecule is CCOC(=O)c1cc(NC2CCN(C)CC2)ncc1N. The average Bonchev–Trinajstić information content (AvgIpc) is 2.43. The van der Waals surface area contributed by atoms with Crippen LogP contribution >= 0.6 is 0 Å². The molecule has 0 radical (unpaired) electrons. The summed E-state index contributed by atoms with van der Waals surface area (Å²) in [6.07, 6.45) is 3.64. The Labute approximate surface area is 119 Å². The van der Waals surface area contributed by atoms with Crippen LogP contribution in [0.5, 0.6) is 0 Å². The van der Waals surface area contributed by atoms with E-state index in [4.69, 9.17) is 10.5 Å². The number of nitrogens with one attached hydrogen (secondary N) is 1. The lowest BCUT2D eigenvalue weighted by molar-refractivity contribution is 0.0527. The Morgan fingerprint density at radius 2 is 2.25 bits per heavy atom. The molecular formula is C14H22N4O2. The summed E-state index contributed by atoms with van der Waals surface area (Å²) in [5.41, 5.74) is 6.49. The fourth-order valence-electron chi connectivity index (χ4n) is 2.29. The third-order valence-corrected chi connectivity index (χ3v) is 3.50. The third-order valence-electron chi connectivity index (χ3n) is 3.50. The smallest absolute Gasteiger partial charge is 0.340 e. The van der Waals surface area contributed by atoms with Crippen molar-refractivity contribution in [1.82, 2.24) is 9.88 Å². The van der Waals surface area contributed by atoms with Gasteiger partial charge in [0, 0.05) is 6.04 Å². The number of nitrogens with zero attached hydrogens (tertiary/aromatic N) is 2. The Morgan fingerprint density at radius 1 is 1.55 bits per heavy atom. The molecule has 1 aromatic heterocycles. The lowest BCUT2D eigenvalue weighted by Gasteiger charge is -2.29. The number of nitrogens with two attached hydrogens (primary N) is 1. The minimum atomic E-state index is -0.404. The van der Waals surface area contributed by atoms with Gasteiger partial charge < -0.3 is 20.7 Å². The van der Waals surface area contributed by atoms with Gasteiger partial charge in [-0.3, -0.25) is 0 Å². The van der Waals surface area contributed by atoms with Crippen LogP contribution in [0.15, 0.2) is 12.3 Å². The number of aromatic nitrogens is 1. The second-order valence-electron chi connectivity index (χ2n) is 5.10. The normalized spacial score (nSPS) is 16.9. The van der Waals surface area contributed by atoms with Crippen molar-refractivity contribution in [3.8, 4) is 0 Å². The second-order valence-corrected chi connectivity index (χ2v) is 5.10. The number of pyridine rings is 1. The van der Waals surface area contributed by atoms with Crippen molar-refractivity contribution >= 4 is 17.5 Å². The van der Waals surface area contributed by atoms with Gasteiger partial charge in [-0.15, -0.1) is 0 Å². The van der Waals surface area contributed by atoms with Crippen molar-refractivity contribution in [2.45, 2.75) is 25.8 Å². The van der Waals surface area contributed by atoms with Crippen molar-refractivity contribution in [3.63, 3.8) is 0 Å². The monoisotopic (exact) mass is 278 g/mol. The van der Waals surface area contributed by atoms with Crippen LogP contribution in [0.2, 0.25) is 0 Å². The third kappa shape index (κ3) is 3.60. The number of esters is 1. The first-order valence-electron chi connectivity index (χ1n) is 6.98. The van der Waals surface area contributed by atoms with Crippen LogP contribution in [-0.4, -0.2) is 48.6 Å². The topological polar surface area (TPSA) is 80.5 Å². The first kappa shape index (κ1) is 14.6. The van der Waals surface area contributed by atoms with Crippen LogP contribution in [0.3, 0.4) is 0 Å². The number of carbonyl (C=O) groups excluding carboxylic acids is 1. The quantitative estimate of drug-likeness (QED) is 0.809.